The molecule has 0 aromatic carbocycles. The molecule has 6 N–H and O–H groups in total. The van der Waals surface area contributed by atoms with Gasteiger partial charge in [-0.1, -0.05) is 6.07 Å². The van der Waals surface area contributed by atoms with Gasteiger partial charge in [0, 0.05) is 4.88 Å². The highest BCUT2D eigenvalue weighted by atomic mass is 32.2. The van der Waals surface area contributed by atoms with E-state index in [2.05, 4.69) is 10.6 Å². The van der Waals surface area contributed by atoms with Crippen molar-refractivity contribution in [1.82, 2.24) is 10.6 Å². The number of thiophene rings is 1. The van der Waals surface area contributed by atoms with Crippen LogP contribution in [0.4, 0.5) is 0 Å². The number of carbonyl (C=O) groups excluding carboxylic acids is 2. The van der Waals surface area contributed by atoms with Crippen LogP contribution in [0.15, 0.2) is 17.5 Å². The largest absolute Gasteiger partial charge is 0.475 e. The maximum atomic E-state index is 12.6. The Kier molecular flexibility index (Phi) is 11.6. The zero-order valence-electron chi connectivity index (χ0n) is 15.0. The molecule has 0 aliphatic carbocycles. The molecule has 146 valence electrons. The molecule has 0 saturated heterocycles. The molecule has 0 spiro atoms. The van der Waals surface area contributed by atoms with Gasteiger partial charge in [0.15, 0.2) is 0 Å². The van der Waals surface area contributed by atoms with E-state index in [1.54, 1.807) is 11.8 Å². The molecule has 0 bridgehead atoms. The standard InChI is InChI=1S/C16H28BN3O4S2/c1-25-10-7-14(17(23)24)20-16(22)13(6-2-3-8-18)19-15(21)11-12-5-4-9-26-12/h4-5,9,13-14,23-24H,2-3,6-8,10-11,18H2,1H3,(H,19,21)(H,20,22)/t13-,14-/m0/s1. The van der Waals surface area contributed by atoms with Crippen molar-refractivity contribution in [3.8, 4) is 0 Å². The number of unbranched alkanes of at least 4 members (excludes halogenated alkanes) is 1. The molecule has 0 aliphatic rings. The number of carbonyl (C=O) groups is 2. The van der Waals surface area contributed by atoms with Crippen LogP contribution in [0.25, 0.3) is 0 Å². The van der Waals surface area contributed by atoms with Crippen LogP contribution >= 0.6 is 23.1 Å². The van der Waals surface area contributed by atoms with Crippen LogP contribution in [0, 0.1) is 0 Å². The van der Waals surface area contributed by atoms with Gasteiger partial charge in [0.25, 0.3) is 0 Å². The van der Waals surface area contributed by atoms with E-state index in [0.29, 0.717) is 31.6 Å². The molecule has 26 heavy (non-hydrogen) atoms. The molecular formula is C16H28BN3O4S2. The van der Waals surface area contributed by atoms with E-state index in [0.717, 1.165) is 11.3 Å². The summed E-state index contributed by atoms with van der Waals surface area (Å²) in [6.07, 6.45) is 4.47. The van der Waals surface area contributed by atoms with Crippen molar-refractivity contribution in [1.29, 1.82) is 0 Å². The van der Waals surface area contributed by atoms with Gasteiger partial charge in [-0.2, -0.15) is 11.8 Å². The SMILES string of the molecule is CSCC[C@H](NC(=O)[C@H](CCCCN)NC(=O)Cc1cccs1)B(O)O. The second kappa shape index (κ2) is 13.2. The fourth-order valence-corrected chi connectivity index (χ4v) is 3.60. The van der Waals surface area contributed by atoms with Crippen molar-refractivity contribution in [3.63, 3.8) is 0 Å². The van der Waals surface area contributed by atoms with E-state index < -0.39 is 25.0 Å². The lowest BCUT2D eigenvalue weighted by molar-refractivity contribution is -0.129. The third kappa shape index (κ3) is 9.04. The summed E-state index contributed by atoms with van der Waals surface area (Å²) in [6, 6.07) is 3.02. The molecular weight excluding hydrogens is 373 g/mol. The fourth-order valence-electron chi connectivity index (χ4n) is 2.40. The Morgan fingerprint density at radius 3 is 2.65 bits per heavy atom. The lowest BCUT2D eigenvalue weighted by Gasteiger charge is -2.23. The first-order valence-corrected chi connectivity index (χ1v) is 10.9. The molecule has 2 atom stereocenters. The minimum Gasteiger partial charge on any atom is -0.426 e. The van der Waals surface area contributed by atoms with E-state index in [1.807, 2.05) is 23.8 Å². The van der Waals surface area contributed by atoms with Crippen LogP contribution in [0.2, 0.25) is 0 Å². The first-order chi connectivity index (χ1) is 12.5. The van der Waals surface area contributed by atoms with E-state index >= 15 is 0 Å². The number of rotatable bonds is 13. The predicted molar refractivity (Wildman–Crippen MR) is 108 cm³/mol. The average Bonchev–Trinajstić information content (AvgIpc) is 3.10. The third-order valence-electron chi connectivity index (χ3n) is 3.83. The number of thioether (sulfide) groups is 1. The summed E-state index contributed by atoms with van der Waals surface area (Å²) in [5, 5.41) is 26.2. The Balaban J connectivity index is 2.66. The summed E-state index contributed by atoms with van der Waals surface area (Å²) in [4.78, 5) is 25.7. The first kappa shape index (κ1) is 23.0. The monoisotopic (exact) mass is 401 g/mol. The van der Waals surface area contributed by atoms with E-state index in [4.69, 9.17) is 5.73 Å². The number of hydrogen-bond donors (Lipinski definition) is 5. The van der Waals surface area contributed by atoms with Crippen LogP contribution in [0.1, 0.15) is 30.6 Å². The maximum Gasteiger partial charge on any atom is 0.475 e. The molecule has 0 radical (unpaired) electrons. The molecule has 1 rings (SSSR count). The summed E-state index contributed by atoms with van der Waals surface area (Å²) >= 11 is 3.04. The minimum atomic E-state index is -1.64. The van der Waals surface area contributed by atoms with Crippen LogP contribution in [0.3, 0.4) is 0 Å². The summed E-state index contributed by atoms with van der Waals surface area (Å²) in [6.45, 7) is 0.517. The van der Waals surface area contributed by atoms with E-state index in [9.17, 15) is 19.6 Å². The van der Waals surface area contributed by atoms with Gasteiger partial charge in [-0.15, -0.1) is 11.3 Å². The lowest BCUT2D eigenvalue weighted by atomic mass is 9.77. The zero-order valence-corrected chi connectivity index (χ0v) is 16.7. The molecule has 1 aromatic heterocycles. The van der Waals surface area contributed by atoms with Crippen molar-refractivity contribution >= 4 is 42.0 Å². The molecule has 0 saturated carbocycles. The molecule has 0 fully saturated rings. The topological polar surface area (TPSA) is 125 Å². The minimum absolute atomic E-state index is 0.219. The van der Waals surface area contributed by atoms with Gasteiger partial charge in [0.1, 0.15) is 6.04 Å². The average molecular weight is 401 g/mol. The van der Waals surface area contributed by atoms with Crippen molar-refractivity contribution in [2.24, 2.45) is 5.73 Å². The summed E-state index contributed by atoms with van der Waals surface area (Å²) in [5.41, 5.74) is 5.50. The highest BCUT2D eigenvalue weighted by Gasteiger charge is 2.28. The summed E-state index contributed by atoms with van der Waals surface area (Å²) in [5.74, 6) is -0.710. The Hall–Kier alpha value is -1.07. The van der Waals surface area contributed by atoms with Crippen LogP contribution < -0.4 is 16.4 Å². The van der Waals surface area contributed by atoms with Gasteiger partial charge in [0.05, 0.1) is 12.4 Å². The highest BCUT2D eigenvalue weighted by molar-refractivity contribution is 7.98. The Labute approximate surface area is 163 Å². The summed E-state index contributed by atoms with van der Waals surface area (Å²) < 4.78 is 0. The summed E-state index contributed by atoms with van der Waals surface area (Å²) in [7, 11) is -1.64. The van der Waals surface area contributed by atoms with Gasteiger partial charge >= 0.3 is 7.12 Å². The van der Waals surface area contributed by atoms with Crippen molar-refractivity contribution in [3.05, 3.63) is 22.4 Å². The van der Waals surface area contributed by atoms with Crippen LogP contribution in [-0.4, -0.2) is 59.5 Å². The van der Waals surface area contributed by atoms with Crippen LogP contribution in [0.5, 0.6) is 0 Å². The molecule has 7 nitrogen and oxygen atoms in total. The quantitative estimate of drug-likeness (QED) is 0.237. The van der Waals surface area contributed by atoms with Crippen molar-refractivity contribution in [2.75, 3.05) is 18.6 Å². The second-order valence-corrected chi connectivity index (χ2v) is 7.99. The fraction of sp³-hybridized carbons (Fsp3) is 0.625. The van der Waals surface area contributed by atoms with E-state index in [-0.39, 0.29) is 12.3 Å². The lowest BCUT2D eigenvalue weighted by Crippen LogP contribution is -2.54. The number of amides is 2. The molecule has 2 amide bonds. The molecule has 1 heterocycles. The van der Waals surface area contributed by atoms with Gasteiger partial charge in [-0.3, -0.25) is 9.59 Å². The van der Waals surface area contributed by atoms with Gasteiger partial charge in [0.2, 0.25) is 11.8 Å². The van der Waals surface area contributed by atoms with Crippen LogP contribution in [-0.2, 0) is 16.0 Å². The van der Waals surface area contributed by atoms with Gasteiger partial charge < -0.3 is 26.4 Å². The van der Waals surface area contributed by atoms with Gasteiger partial charge in [-0.05, 0) is 55.7 Å². The van der Waals surface area contributed by atoms with Gasteiger partial charge in [-0.25, -0.2) is 0 Å². The Morgan fingerprint density at radius 2 is 2.08 bits per heavy atom. The molecule has 1 aromatic rings. The molecule has 10 heteroatoms. The maximum absolute atomic E-state index is 12.6. The second-order valence-electron chi connectivity index (χ2n) is 5.97. The Bertz CT molecular complexity index is 532. The molecule has 0 aliphatic heterocycles. The van der Waals surface area contributed by atoms with Crippen molar-refractivity contribution < 1.29 is 19.6 Å². The molecule has 0 unspecified atom stereocenters. The van der Waals surface area contributed by atoms with E-state index in [1.165, 1.54) is 11.3 Å². The number of hydrogen-bond acceptors (Lipinski definition) is 7. The highest BCUT2D eigenvalue weighted by Crippen LogP contribution is 2.10. The number of nitrogens with two attached hydrogens (primary N) is 1. The normalized spacial score (nSPS) is 13.1. The third-order valence-corrected chi connectivity index (χ3v) is 5.35. The number of nitrogens with one attached hydrogen (secondary N) is 2. The zero-order chi connectivity index (χ0) is 19.4. The first-order valence-electron chi connectivity index (χ1n) is 8.65. The smallest absolute Gasteiger partial charge is 0.426 e. The van der Waals surface area contributed by atoms with Crippen molar-refractivity contribution in [2.45, 2.75) is 44.1 Å². The Morgan fingerprint density at radius 1 is 1.31 bits per heavy atom. The predicted octanol–water partition coefficient (Wildman–Crippen LogP) is 0.154.